The van der Waals surface area contributed by atoms with Crippen molar-refractivity contribution in [1.82, 2.24) is 4.90 Å². The number of benzene rings is 2. The largest absolute Gasteiger partial charge is 0.481 e. The number of nitrogens with zero attached hydrogens (tertiary/aromatic N) is 1. The Kier molecular flexibility index (Phi) is 4.54. The molecule has 114 valence electrons. The van der Waals surface area contributed by atoms with Gasteiger partial charge in [-0.3, -0.25) is 9.69 Å². The number of hydrogen-bond acceptors (Lipinski definition) is 2. The summed E-state index contributed by atoms with van der Waals surface area (Å²) in [4.78, 5) is 13.4. The van der Waals surface area contributed by atoms with Crippen LogP contribution < -0.4 is 0 Å². The second kappa shape index (κ2) is 6.75. The first-order chi connectivity index (χ1) is 10.7. The van der Waals surface area contributed by atoms with Crippen molar-refractivity contribution in [3.05, 3.63) is 60.2 Å². The van der Waals surface area contributed by atoms with Crippen LogP contribution >= 0.6 is 0 Å². The molecule has 0 radical (unpaired) electrons. The molecule has 1 saturated heterocycles. The number of carbonyl (C=O) groups is 1. The van der Waals surface area contributed by atoms with Gasteiger partial charge in [0.15, 0.2) is 0 Å². The van der Waals surface area contributed by atoms with E-state index in [0.717, 1.165) is 25.9 Å². The number of likely N-dealkylation sites (tertiary alicyclic amines) is 1. The molecular weight excluding hydrogens is 274 g/mol. The first-order valence-corrected chi connectivity index (χ1v) is 7.82. The minimum absolute atomic E-state index is 0.211. The van der Waals surface area contributed by atoms with Gasteiger partial charge in [0.2, 0.25) is 0 Å². The second-order valence-electron chi connectivity index (χ2n) is 5.98. The van der Waals surface area contributed by atoms with E-state index in [4.69, 9.17) is 5.11 Å². The van der Waals surface area contributed by atoms with Crippen molar-refractivity contribution >= 4 is 5.97 Å². The average Bonchev–Trinajstić information content (AvgIpc) is 2.56. The minimum Gasteiger partial charge on any atom is -0.481 e. The third-order valence-corrected chi connectivity index (χ3v) is 4.32. The molecule has 3 rings (SSSR count). The molecule has 0 aliphatic carbocycles. The highest BCUT2D eigenvalue weighted by Gasteiger charge is 2.25. The smallest absolute Gasteiger partial charge is 0.307 e. The minimum atomic E-state index is -0.663. The van der Waals surface area contributed by atoms with E-state index in [-0.39, 0.29) is 5.92 Å². The Labute approximate surface area is 131 Å². The van der Waals surface area contributed by atoms with Crippen LogP contribution in [0.25, 0.3) is 11.1 Å². The van der Waals surface area contributed by atoms with Gasteiger partial charge in [0.1, 0.15) is 0 Å². The maximum absolute atomic E-state index is 11.1. The molecule has 0 saturated carbocycles. The Bertz CT molecular complexity index is 622. The summed E-state index contributed by atoms with van der Waals surface area (Å²) in [5.41, 5.74) is 3.68. The highest BCUT2D eigenvalue weighted by atomic mass is 16.4. The topological polar surface area (TPSA) is 40.5 Å². The predicted octanol–water partition coefficient (Wildman–Crippen LogP) is 3.65. The predicted molar refractivity (Wildman–Crippen MR) is 87.5 cm³/mol. The molecule has 0 bridgehead atoms. The first kappa shape index (κ1) is 14.8. The highest BCUT2D eigenvalue weighted by Crippen LogP contribution is 2.22. The van der Waals surface area contributed by atoms with Crippen molar-refractivity contribution in [3.63, 3.8) is 0 Å². The Hall–Kier alpha value is -2.13. The van der Waals surface area contributed by atoms with Crippen LogP contribution in [0, 0.1) is 5.92 Å². The first-order valence-electron chi connectivity index (χ1n) is 7.82. The zero-order chi connectivity index (χ0) is 15.4. The average molecular weight is 295 g/mol. The molecule has 1 N–H and O–H groups in total. The second-order valence-corrected chi connectivity index (χ2v) is 5.98. The van der Waals surface area contributed by atoms with Crippen LogP contribution in [-0.4, -0.2) is 29.1 Å². The summed E-state index contributed by atoms with van der Waals surface area (Å²) in [6.07, 6.45) is 1.78. The number of carboxylic acids is 1. The molecule has 0 spiro atoms. The summed E-state index contributed by atoms with van der Waals surface area (Å²) in [6, 6.07) is 18.9. The van der Waals surface area contributed by atoms with Gasteiger partial charge in [0.25, 0.3) is 0 Å². The maximum atomic E-state index is 11.1. The zero-order valence-corrected chi connectivity index (χ0v) is 12.6. The summed E-state index contributed by atoms with van der Waals surface area (Å²) in [5.74, 6) is -0.874. The van der Waals surface area contributed by atoms with Gasteiger partial charge in [-0.15, -0.1) is 0 Å². The van der Waals surface area contributed by atoms with Gasteiger partial charge < -0.3 is 5.11 Å². The maximum Gasteiger partial charge on any atom is 0.307 e. The molecule has 3 heteroatoms. The number of hydrogen-bond donors (Lipinski definition) is 1. The quantitative estimate of drug-likeness (QED) is 0.936. The van der Waals surface area contributed by atoms with Gasteiger partial charge in [0, 0.05) is 13.1 Å². The number of aliphatic carboxylic acids is 1. The normalized spacial score (nSPS) is 19.0. The van der Waals surface area contributed by atoms with E-state index in [9.17, 15) is 4.79 Å². The molecule has 1 aliphatic rings. The van der Waals surface area contributed by atoms with Gasteiger partial charge in [-0.2, -0.15) is 0 Å². The van der Waals surface area contributed by atoms with Crippen LogP contribution in [0.4, 0.5) is 0 Å². The zero-order valence-electron chi connectivity index (χ0n) is 12.6. The number of rotatable bonds is 4. The summed E-state index contributed by atoms with van der Waals surface area (Å²) >= 11 is 0. The molecule has 1 aliphatic heterocycles. The Morgan fingerprint density at radius 3 is 2.41 bits per heavy atom. The summed E-state index contributed by atoms with van der Waals surface area (Å²) in [5, 5.41) is 9.16. The summed E-state index contributed by atoms with van der Waals surface area (Å²) in [7, 11) is 0. The van der Waals surface area contributed by atoms with E-state index in [1.165, 1.54) is 16.7 Å². The molecule has 1 heterocycles. The molecule has 3 nitrogen and oxygen atoms in total. The molecular formula is C19H21NO2. The van der Waals surface area contributed by atoms with E-state index in [0.29, 0.717) is 6.54 Å². The van der Waals surface area contributed by atoms with Gasteiger partial charge in [-0.1, -0.05) is 54.6 Å². The Morgan fingerprint density at radius 1 is 1.05 bits per heavy atom. The van der Waals surface area contributed by atoms with Gasteiger partial charge in [-0.25, -0.2) is 0 Å². The van der Waals surface area contributed by atoms with E-state index in [1.54, 1.807) is 0 Å². The van der Waals surface area contributed by atoms with Crippen LogP contribution in [0.1, 0.15) is 18.4 Å². The fraction of sp³-hybridized carbons (Fsp3) is 0.316. The van der Waals surface area contributed by atoms with E-state index < -0.39 is 5.97 Å². The number of carboxylic acid groups (broad SMARTS) is 1. The Balaban J connectivity index is 1.65. The molecule has 0 amide bonds. The Morgan fingerprint density at radius 2 is 1.73 bits per heavy atom. The molecule has 1 atom stereocenters. The monoisotopic (exact) mass is 295 g/mol. The van der Waals surface area contributed by atoms with Crippen molar-refractivity contribution in [2.45, 2.75) is 19.4 Å². The molecule has 2 aromatic carbocycles. The van der Waals surface area contributed by atoms with Crippen LogP contribution in [0.2, 0.25) is 0 Å². The lowest BCUT2D eigenvalue weighted by atomic mass is 9.97. The van der Waals surface area contributed by atoms with Crippen LogP contribution in [0.5, 0.6) is 0 Å². The van der Waals surface area contributed by atoms with E-state index in [2.05, 4.69) is 41.3 Å². The van der Waals surface area contributed by atoms with Crippen molar-refractivity contribution in [2.24, 2.45) is 5.92 Å². The number of piperidine rings is 1. The van der Waals surface area contributed by atoms with Crippen molar-refractivity contribution < 1.29 is 9.90 Å². The molecule has 22 heavy (non-hydrogen) atoms. The molecule has 0 aromatic heterocycles. The summed E-state index contributed by atoms with van der Waals surface area (Å²) in [6.45, 7) is 2.48. The lowest BCUT2D eigenvalue weighted by molar-refractivity contribution is -0.143. The van der Waals surface area contributed by atoms with Crippen LogP contribution in [-0.2, 0) is 11.3 Å². The molecule has 0 unspecified atom stereocenters. The molecule has 1 fully saturated rings. The van der Waals surface area contributed by atoms with Crippen molar-refractivity contribution in [2.75, 3.05) is 13.1 Å². The van der Waals surface area contributed by atoms with Crippen LogP contribution in [0.15, 0.2) is 54.6 Å². The SMILES string of the molecule is O=C(O)[C@H]1CCCN(Cc2ccc(-c3ccccc3)cc2)C1. The lowest BCUT2D eigenvalue weighted by Crippen LogP contribution is -2.38. The fourth-order valence-electron chi connectivity index (χ4n) is 3.09. The third-order valence-electron chi connectivity index (χ3n) is 4.32. The third kappa shape index (κ3) is 3.55. The highest BCUT2D eigenvalue weighted by molar-refractivity contribution is 5.70. The van der Waals surface area contributed by atoms with E-state index in [1.807, 2.05) is 18.2 Å². The van der Waals surface area contributed by atoms with E-state index >= 15 is 0 Å². The van der Waals surface area contributed by atoms with Gasteiger partial charge in [0.05, 0.1) is 5.92 Å². The summed E-state index contributed by atoms with van der Waals surface area (Å²) < 4.78 is 0. The van der Waals surface area contributed by atoms with Crippen molar-refractivity contribution in [3.8, 4) is 11.1 Å². The molecule has 2 aromatic rings. The fourth-order valence-corrected chi connectivity index (χ4v) is 3.09. The standard InChI is InChI=1S/C19H21NO2/c21-19(22)18-7-4-12-20(14-18)13-15-8-10-17(11-9-15)16-5-2-1-3-6-16/h1-3,5-6,8-11,18H,4,7,12-14H2,(H,21,22)/t18-/m0/s1. The van der Waals surface area contributed by atoms with Gasteiger partial charge >= 0.3 is 5.97 Å². The lowest BCUT2D eigenvalue weighted by Gasteiger charge is -2.30. The van der Waals surface area contributed by atoms with Gasteiger partial charge in [-0.05, 0) is 36.1 Å². The van der Waals surface area contributed by atoms with Crippen molar-refractivity contribution in [1.29, 1.82) is 0 Å². The van der Waals surface area contributed by atoms with Crippen LogP contribution in [0.3, 0.4) is 0 Å².